The van der Waals surface area contributed by atoms with Crippen molar-refractivity contribution in [1.82, 2.24) is 4.90 Å². The molecule has 0 aromatic rings. The van der Waals surface area contributed by atoms with Gasteiger partial charge < -0.3 is 0 Å². The number of hydrogen-bond acceptors (Lipinski definition) is 1. The van der Waals surface area contributed by atoms with Crippen molar-refractivity contribution < 1.29 is 0 Å². The maximum absolute atomic E-state index is 4.16. The standard InChI is InChI=1S/C17H32.C15H29N/c1-11-17(10)14(4,5)12-13(2,3)15(6,7)16(17,8)9;1-10-15(8)13(4,5)11-12(2,3)14(6,7)16(15)9/h11H,1,12H2,2-10H3;10H,1,11H2,2-9H3. The highest BCUT2D eigenvalue weighted by molar-refractivity contribution is 5.20. The van der Waals surface area contributed by atoms with Gasteiger partial charge in [0.05, 0.1) is 0 Å². The lowest BCUT2D eigenvalue weighted by atomic mass is 9.35. The quantitative estimate of drug-likeness (QED) is 0.371. The number of nitrogens with zero attached hydrogens (tertiary/aromatic N) is 1. The number of rotatable bonds is 2. The summed E-state index contributed by atoms with van der Waals surface area (Å²) in [7, 11) is 2.24. The second-order valence-corrected chi connectivity index (χ2v) is 16.0. The van der Waals surface area contributed by atoms with E-state index in [-0.39, 0.29) is 32.7 Å². The first kappa shape index (κ1) is 30.5. The van der Waals surface area contributed by atoms with Crippen LogP contribution < -0.4 is 0 Å². The molecule has 1 aliphatic carbocycles. The molecule has 2 atom stereocenters. The Bertz CT molecular complexity index is 757. The van der Waals surface area contributed by atoms with Gasteiger partial charge in [0.15, 0.2) is 0 Å². The molecule has 1 saturated heterocycles. The van der Waals surface area contributed by atoms with Crippen molar-refractivity contribution in [3.63, 3.8) is 0 Å². The van der Waals surface area contributed by atoms with E-state index in [0.29, 0.717) is 16.2 Å². The van der Waals surface area contributed by atoms with Gasteiger partial charge in [-0.15, -0.1) is 13.2 Å². The predicted molar refractivity (Wildman–Crippen MR) is 151 cm³/mol. The third-order valence-corrected chi connectivity index (χ3v) is 13.1. The Morgan fingerprint density at radius 2 is 0.909 bits per heavy atom. The molecule has 0 aromatic heterocycles. The minimum Gasteiger partial charge on any atom is -0.291 e. The summed E-state index contributed by atoms with van der Waals surface area (Å²) < 4.78 is 0. The van der Waals surface area contributed by atoms with E-state index in [1.165, 1.54) is 12.8 Å². The topological polar surface area (TPSA) is 3.24 Å². The van der Waals surface area contributed by atoms with Crippen LogP contribution in [0, 0.1) is 37.9 Å². The molecule has 0 bridgehead atoms. The average Bonchev–Trinajstić information content (AvgIpc) is 2.62. The minimum absolute atomic E-state index is 0.0615. The molecule has 0 spiro atoms. The van der Waals surface area contributed by atoms with Gasteiger partial charge in [-0.25, -0.2) is 0 Å². The molecule has 194 valence electrons. The zero-order chi connectivity index (χ0) is 26.9. The van der Waals surface area contributed by atoms with Crippen LogP contribution in [0.15, 0.2) is 25.3 Å². The lowest BCUT2D eigenvalue weighted by molar-refractivity contribution is -0.194. The molecule has 33 heavy (non-hydrogen) atoms. The van der Waals surface area contributed by atoms with Crippen molar-refractivity contribution in [2.45, 2.75) is 135 Å². The Balaban J connectivity index is 0.000000331. The Morgan fingerprint density at radius 1 is 0.515 bits per heavy atom. The summed E-state index contributed by atoms with van der Waals surface area (Å²) in [4.78, 5) is 2.51. The van der Waals surface area contributed by atoms with Gasteiger partial charge in [0.2, 0.25) is 0 Å². The number of allylic oxidation sites excluding steroid dienone is 1. The molecule has 1 saturated carbocycles. The van der Waals surface area contributed by atoms with Crippen molar-refractivity contribution in [3.05, 3.63) is 25.3 Å². The van der Waals surface area contributed by atoms with E-state index in [9.17, 15) is 0 Å². The highest BCUT2D eigenvalue weighted by atomic mass is 15.3. The van der Waals surface area contributed by atoms with E-state index < -0.39 is 0 Å². The Hall–Kier alpha value is -0.560. The molecule has 1 heterocycles. The first-order chi connectivity index (χ1) is 14.2. The molecule has 1 nitrogen and oxygen atoms in total. The second kappa shape index (κ2) is 7.97. The van der Waals surface area contributed by atoms with Crippen molar-refractivity contribution in [2.75, 3.05) is 7.05 Å². The summed E-state index contributed by atoms with van der Waals surface area (Å²) >= 11 is 0. The highest BCUT2D eigenvalue weighted by Gasteiger charge is 2.65. The molecule has 0 radical (unpaired) electrons. The fourth-order valence-electron chi connectivity index (χ4n) is 7.78. The van der Waals surface area contributed by atoms with Gasteiger partial charge in [-0.1, -0.05) is 102 Å². The molecular formula is C32H61N. The maximum atomic E-state index is 4.16. The van der Waals surface area contributed by atoms with Crippen molar-refractivity contribution >= 4 is 0 Å². The van der Waals surface area contributed by atoms with Crippen LogP contribution in [-0.2, 0) is 0 Å². The molecule has 1 heteroatoms. The first-order valence-electron chi connectivity index (χ1n) is 13.2. The van der Waals surface area contributed by atoms with Gasteiger partial charge in [-0.05, 0) is 78.6 Å². The van der Waals surface area contributed by atoms with Crippen LogP contribution in [0.25, 0.3) is 0 Å². The van der Waals surface area contributed by atoms with Crippen molar-refractivity contribution in [2.24, 2.45) is 37.9 Å². The van der Waals surface area contributed by atoms with Crippen LogP contribution in [0.3, 0.4) is 0 Å². The van der Waals surface area contributed by atoms with Crippen molar-refractivity contribution in [1.29, 1.82) is 0 Å². The van der Waals surface area contributed by atoms with E-state index in [1.54, 1.807) is 0 Å². The maximum Gasteiger partial charge on any atom is 0.0414 e. The number of likely N-dealkylation sites (N-methyl/N-ethyl adjacent to an activating group) is 1. The summed E-state index contributed by atoms with van der Waals surface area (Å²) in [6.45, 7) is 46.5. The molecule has 1 aliphatic heterocycles. The lowest BCUT2D eigenvalue weighted by Gasteiger charge is -2.69. The van der Waals surface area contributed by atoms with Gasteiger partial charge in [0.25, 0.3) is 0 Å². The molecular weight excluding hydrogens is 398 g/mol. The first-order valence-corrected chi connectivity index (χ1v) is 13.2. The molecule has 0 amide bonds. The molecule has 2 fully saturated rings. The number of hydrogen-bond donors (Lipinski definition) is 0. The van der Waals surface area contributed by atoms with E-state index >= 15 is 0 Å². The monoisotopic (exact) mass is 459 g/mol. The molecule has 2 rings (SSSR count). The summed E-state index contributed by atoms with van der Waals surface area (Å²) in [6.07, 6.45) is 6.81. The van der Waals surface area contributed by atoms with Gasteiger partial charge >= 0.3 is 0 Å². The zero-order valence-electron chi connectivity index (χ0n) is 25.9. The largest absolute Gasteiger partial charge is 0.291 e. The van der Waals surface area contributed by atoms with E-state index in [4.69, 9.17) is 0 Å². The van der Waals surface area contributed by atoms with E-state index in [2.05, 4.69) is 148 Å². The summed E-state index contributed by atoms with van der Waals surface area (Å²) in [5, 5.41) is 0. The van der Waals surface area contributed by atoms with Gasteiger partial charge in [0, 0.05) is 11.1 Å². The van der Waals surface area contributed by atoms with Crippen LogP contribution >= 0.6 is 0 Å². The van der Waals surface area contributed by atoms with Crippen molar-refractivity contribution in [3.8, 4) is 0 Å². The van der Waals surface area contributed by atoms with Crippen LogP contribution in [0.2, 0.25) is 0 Å². The molecule has 2 aliphatic rings. The third-order valence-electron chi connectivity index (χ3n) is 13.1. The Labute approximate surface area is 209 Å². The fourth-order valence-corrected chi connectivity index (χ4v) is 7.78. The summed E-state index contributed by atoms with van der Waals surface area (Å²) in [5.74, 6) is 0. The van der Waals surface area contributed by atoms with Crippen LogP contribution in [0.5, 0.6) is 0 Å². The van der Waals surface area contributed by atoms with Gasteiger partial charge in [-0.2, -0.15) is 0 Å². The Kier molecular flexibility index (Phi) is 7.36. The van der Waals surface area contributed by atoms with E-state index in [1.807, 2.05) is 0 Å². The van der Waals surface area contributed by atoms with Crippen LogP contribution in [-0.4, -0.2) is 23.0 Å². The highest BCUT2D eigenvalue weighted by Crippen LogP contribution is 2.72. The fraction of sp³-hybridized carbons (Fsp3) is 0.875. The van der Waals surface area contributed by atoms with Gasteiger partial charge in [0.1, 0.15) is 0 Å². The third kappa shape index (κ3) is 3.91. The average molecular weight is 460 g/mol. The zero-order valence-corrected chi connectivity index (χ0v) is 25.9. The SMILES string of the molecule is C=CC1(C)C(C)(C)CC(C)(C)C(C)(C)C1(C)C.C=CC1(C)N(C)C(C)(C)C(C)(C)CC1(C)C. The minimum atomic E-state index is 0.0615. The summed E-state index contributed by atoms with van der Waals surface area (Å²) in [5.41, 5.74) is 2.14. The molecule has 0 aromatic carbocycles. The number of piperidine rings is 1. The van der Waals surface area contributed by atoms with Crippen LogP contribution in [0.4, 0.5) is 0 Å². The van der Waals surface area contributed by atoms with Crippen LogP contribution in [0.1, 0.15) is 124 Å². The normalized spacial score (nSPS) is 37.2. The molecule has 2 unspecified atom stereocenters. The molecule has 0 N–H and O–H groups in total. The predicted octanol–water partition coefficient (Wildman–Crippen LogP) is 9.78. The summed E-state index contributed by atoms with van der Waals surface area (Å²) in [6, 6.07) is 0. The Morgan fingerprint density at radius 3 is 1.27 bits per heavy atom. The number of likely N-dealkylation sites (tertiary alicyclic amines) is 1. The lowest BCUT2D eigenvalue weighted by Crippen LogP contribution is -2.70. The smallest absolute Gasteiger partial charge is 0.0414 e. The second-order valence-electron chi connectivity index (χ2n) is 16.0. The van der Waals surface area contributed by atoms with E-state index in [0.717, 1.165) is 0 Å². The van der Waals surface area contributed by atoms with Gasteiger partial charge in [-0.3, -0.25) is 4.90 Å².